The van der Waals surface area contributed by atoms with Crippen LogP contribution in [0.5, 0.6) is 0 Å². The van der Waals surface area contributed by atoms with Crippen molar-refractivity contribution in [2.45, 2.75) is 38.1 Å². The highest BCUT2D eigenvalue weighted by molar-refractivity contribution is 5.92. The average molecular weight is 240 g/mol. The Morgan fingerprint density at radius 3 is 2.41 bits per heavy atom. The summed E-state index contributed by atoms with van der Waals surface area (Å²) in [6.07, 6.45) is 3.95. The van der Waals surface area contributed by atoms with Crippen molar-refractivity contribution in [3.05, 3.63) is 11.4 Å². The van der Waals surface area contributed by atoms with Gasteiger partial charge in [0.25, 0.3) is 5.91 Å². The Bertz CT molecular complexity index is 354. The summed E-state index contributed by atoms with van der Waals surface area (Å²) < 4.78 is 13.8. The number of nitrogens with zero attached hydrogens (tertiary/aromatic N) is 1. The second-order valence-corrected chi connectivity index (χ2v) is 5.74. The largest absolute Gasteiger partial charge is 0.343 e. The Hall–Kier alpha value is -0.900. The van der Waals surface area contributed by atoms with E-state index in [2.05, 4.69) is 5.32 Å². The van der Waals surface area contributed by atoms with Crippen molar-refractivity contribution < 1.29 is 9.18 Å². The number of likely N-dealkylation sites (N-methyl/N-ethyl adjacent to an activating group) is 1. The number of rotatable bonds is 5. The summed E-state index contributed by atoms with van der Waals surface area (Å²) in [5.41, 5.74) is 0.449. The molecule has 2 aliphatic carbocycles. The molecular formula is C13H21FN2O. The van der Waals surface area contributed by atoms with Gasteiger partial charge in [0.05, 0.1) is 5.54 Å². The van der Waals surface area contributed by atoms with Gasteiger partial charge in [-0.3, -0.25) is 4.79 Å². The monoisotopic (exact) mass is 240 g/mol. The second-order valence-electron chi connectivity index (χ2n) is 5.74. The predicted molar refractivity (Wildman–Crippen MR) is 65.2 cm³/mol. The van der Waals surface area contributed by atoms with Crippen molar-refractivity contribution in [3.8, 4) is 0 Å². The number of amides is 1. The first-order valence-corrected chi connectivity index (χ1v) is 6.27. The lowest BCUT2D eigenvalue weighted by atomic mass is 10.1. The lowest BCUT2D eigenvalue weighted by Crippen LogP contribution is -2.44. The van der Waals surface area contributed by atoms with Crippen LogP contribution in [-0.4, -0.2) is 37.0 Å². The molecule has 0 spiro atoms. The quantitative estimate of drug-likeness (QED) is 0.744. The molecule has 0 aromatic carbocycles. The third kappa shape index (κ3) is 3.06. The Morgan fingerprint density at radius 2 is 2.00 bits per heavy atom. The lowest BCUT2D eigenvalue weighted by Gasteiger charge is -2.21. The molecule has 0 bridgehead atoms. The standard InChI is InChI=1S/C13H21FN2O/c1-9(10-4-5-10)11(14)12(17)15-13(6-7-13)8-16(2)3/h10H,4-8H2,1-3H3,(H,15,17). The van der Waals surface area contributed by atoms with E-state index in [9.17, 15) is 9.18 Å². The van der Waals surface area contributed by atoms with Crippen LogP contribution in [0, 0.1) is 5.92 Å². The van der Waals surface area contributed by atoms with E-state index in [1.165, 1.54) is 0 Å². The number of carbonyl (C=O) groups is 1. The number of hydrogen-bond acceptors (Lipinski definition) is 2. The minimum absolute atomic E-state index is 0.179. The van der Waals surface area contributed by atoms with E-state index in [-0.39, 0.29) is 5.54 Å². The summed E-state index contributed by atoms with van der Waals surface area (Å²) in [7, 11) is 3.93. The third-order valence-electron chi connectivity index (χ3n) is 3.59. The Balaban J connectivity index is 1.95. The van der Waals surface area contributed by atoms with Gasteiger partial charge in [0.15, 0.2) is 5.83 Å². The molecule has 17 heavy (non-hydrogen) atoms. The van der Waals surface area contributed by atoms with Gasteiger partial charge in [-0.25, -0.2) is 4.39 Å². The molecule has 4 heteroatoms. The van der Waals surface area contributed by atoms with Crippen molar-refractivity contribution in [2.75, 3.05) is 20.6 Å². The van der Waals surface area contributed by atoms with Crippen LogP contribution in [0.2, 0.25) is 0 Å². The van der Waals surface area contributed by atoms with Gasteiger partial charge < -0.3 is 10.2 Å². The molecule has 1 amide bonds. The molecule has 1 N–H and O–H groups in total. The molecule has 0 aliphatic heterocycles. The van der Waals surface area contributed by atoms with Gasteiger partial charge in [0, 0.05) is 6.54 Å². The summed E-state index contributed by atoms with van der Waals surface area (Å²) in [5, 5.41) is 2.85. The van der Waals surface area contributed by atoms with Crippen molar-refractivity contribution in [3.63, 3.8) is 0 Å². The molecule has 0 aromatic heterocycles. The van der Waals surface area contributed by atoms with E-state index in [1.54, 1.807) is 6.92 Å². The van der Waals surface area contributed by atoms with Crippen LogP contribution in [0.1, 0.15) is 32.6 Å². The summed E-state index contributed by atoms with van der Waals surface area (Å²) in [6, 6.07) is 0. The summed E-state index contributed by atoms with van der Waals surface area (Å²) in [4.78, 5) is 13.8. The number of nitrogens with one attached hydrogen (secondary N) is 1. The van der Waals surface area contributed by atoms with Gasteiger partial charge in [0.1, 0.15) is 0 Å². The smallest absolute Gasteiger partial charge is 0.280 e. The van der Waals surface area contributed by atoms with Crippen LogP contribution in [0.25, 0.3) is 0 Å². The van der Waals surface area contributed by atoms with Crippen molar-refractivity contribution in [1.29, 1.82) is 0 Å². The molecule has 0 heterocycles. The normalized spacial score (nSPS) is 23.4. The van der Waals surface area contributed by atoms with Crippen LogP contribution in [-0.2, 0) is 4.79 Å². The van der Waals surface area contributed by atoms with Gasteiger partial charge in [-0.1, -0.05) is 0 Å². The molecule has 2 saturated carbocycles. The fourth-order valence-electron chi connectivity index (χ4n) is 2.25. The zero-order valence-corrected chi connectivity index (χ0v) is 10.8. The van der Waals surface area contributed by atoms with Crippen LogP contribution in [0.15, 0.2) is 11.4 Å². The van der Waals surface area contributed by atoms with E-state index in [0.29, 0.717) is 11.5 Å². The molecular weight excluding hydrogens is 219 g/mol. The van der Waals surface area contributed by atoms with Crippen molar-refractivity contribution in [1.82, 2.24) is 10.2 Å². The average Bonchev–Trinajstić information content (AvgIpc) is 3.09. The molecule has 0 radical (unpaired) electrons. The van der Waals surface area contributed by atoms with Crippen LogP contribution in [0.3, 0.4) is 0 Å². The molecule has 0 saturated heterocycles. The van der Waals surface area contributed by atoms with E-state index < -0.39 is 11.7 Å². The summed E-state index contributed by atoms with van der Waals surface area (Å²) in [6.45, 7) is 2.52. The second kappa shape index (κ2) is 4.41. The topological polar surface area (TPSA) is 32.3 Å². The van der Waals surface area contributed by atoms with E-state index in [1.807, 2.05) is 19.0 Å². The number of halogens is 1. The third-order valence-corrected chi connectivity index (χ3v) is 3.59. The Kier molecular flexibility index (Phi) is 3.25. The zero-order valence-electron chi connectivity index (χ0n) is 10.8. The van der Waals surface area contributed by atoms with Gasteiger partial charge in [0.2, 0.25) is 0 Å². The first-order valence-electron chi connectivity index (χ1n) is 6.27. The molecule has 2 fully saturated rings. The van der Waals surface area contributed by atoms with E-state index in [4.69, 9.17) is 0 Å². The molecule has 0 atom stereocenters. The van der Waals surface area contributed by atoms with Crippen molar-refractivity contribution in [2.24, 2.45) is 5.92 Å². The molecule has 0 aromatic rings. The van der Waals surface area contributed by atoms with E-state index in [0.717, 1.165) is 32.2 Å². The van der Waals surface area contributed by atoms with Crippen molar-refractivity contribution >= 4 is 5.91 Å². The summed E-state index contributed by atoms with van der Waals surface area (Å²) >= 11 is 0. The Labute approximate surface area is 102 Å². The van der Waals surface area contributed by atoms with Crippen LogP contribution < -0.4 is 5.32 Å². The number of carbonyl (C=O) groups excluding carboxylic acids is 1. The molecule has 96 valence electrons. The first-order chi connectivity index (χ1) is 7.93. The molecule has 0 unspecified atom stereocenters. The Morgan fingerprint density at radius 1 is 1.41 bits per heavy atom. The highest BCUT2D eigenvalue weighted by atomic mass is 19.1. The molecule has 2 aliphatic rings. The van der Waals surface area contributed by atoms with E-state index >= 15 is 0 Å². The van der Waals surface area contributed by atoms with Gasteiger partial charge in [-0.15, -0.1) is 0 Å². The van der Waals surface area contributed by atoms with Gasteiger partial charge in [-0.2, -0.15) is 0 Å². The van der Waals surface area contributed by atoms with Gasteiger partial charge in [-0.05, 0) is 58.2 Å². The summed E-state index contributed by atoms with van der Waals surface area (Å²) in [5.74, 6) is -0.768. The fraction of sp³-hybridized carbons (Fsp3) is 0.769. The SMILES string of the molecule is CC(=C(F)C(=O)NC1(CN(C)C)CC1)C1CC1. The lowest BCUT2D eigenvalue weighted by molar-refractivity contribution is -0.120. The zero-order chi connectivity index (χ0) is 12.6. The van der Waals surface area contributed by atoms with Crippen LogP contribution in [0.4, 0.5) is 4.39 Å². The fourth-order valence-corrected chi connectivity index (χ4v) is 2.25. The minimum atomic E-state index is -0.558. The maximum atomic E-state index is 13.8. The number of allylic oxidation sites excluding steroid dienone is 1. The molecule has 3 nitrogen and oxygen atoms in total. The highest BCUT2D eigenvalue weighted by Crippen LogP contribution is 2.39. The minimum Gasteiger partial charge on any atom is -0.343 e. The van der Waals surface area contributed by atoms with Crippen LogP contribution >= 0.6 is 0 Å². The first kappa shape index (κ1) is 12.6. The maximum absolute atomic E-state index is 13.8. The number of hydrogen-bond donors (Lipinski definition) is 1. The molecule has 2 rings (SSSR count). The maximum Gasteiger partial charge on any atom is 0.280 e. The predicted octanol–water partition coefficient (Wildman–Crippen LogP) is 1.85. The van der Waals surface area contributed by atoms with Gasteiger partial charge >= 0.3 is 0 Å². The highest BCUT2D eigenvalue weighted by Gasteiger charge is 2.45.